The standard InChI is InChI=1S/C12H18ClN3OS.ClH/c1-15(7-11-6-10(13)9-18-11)8-12(17)16-4-2-14-3-5-16;/h6,9,14H,2-5,7-8H2,1H3;1H. The summed E-state index contributed by atoms with van der Waals surface area (Å²) in [6.45, 7) is 4.67. The van der Waals surface area contributed by atoms with Crippen molar-refractivity contribution in [3.63, 3.8) is 0 Å². The molecule has 1 N–H and O–H groups in total. The van der Waals surface area contributed by atoms with Gasteiger partial charge in [0.1, 0.15) is 0 Å². The molecule has 0 atom stereocenters. The average molecular weight is 324 g/mol. The first-order chi connectivity index (χ1) is 8.65. The molecule has 108 valence electrons. The van der Waals surface area contributed by atoms with Crippen LogP contribution in [0.15, 0.2) is 11.4 Å². The highest BCUT2D eigenvalue weighted by Gasteiger charge is 2.17. The van der Waals surface area contributed by atoms with E-state index in [2.05, 4.69) is 5.32 Å². The third-order valence-electron chi connectivity index (χ3n) is 2.92. The summed E-state index contributed by atoms with van der Waals surface area (Å²) >= 11 is 7.51. The molecule has 1 aromatic rings. The van der Waals surface area contributed by atoms with Crippen molar-refractivity contribution in [1.29, 1.82) is 0 Å². The minimum absolute atomic E-state index is 0. The average Bonchev–Trinajstić information content (AvgIpc) is 2.75. The van der Waals surface area contributed by atoms with E-state index in [1.54, 1.807) is 11.3 Å². The largest absolute Gasteiger partial charge is 0.339 e. The Morgan fingerprint density at radius 2 is 2.21 bits per heavy atom. The first-order valence-electron chi connectivity index (χ1n) is 6.05. The summed E-state index contributed by atoms with van der Waals surface area (Å²) in [5.74, 6) is 0.210. The van der Waals surface area contributed by atoms with Gasteiger partial charge in [0, 0.05) is 43.0 Å². The fraction of sp³-hybridized carbons (Fsp3) is 0.583. The highest BCUT2D eigenvalue weighted by Crippen LogP contribution is 2.20. The summed E-state index contributed by atoms with van der Waals surface area (Å²) < 4.78 is 0. The number of carbonyl (C=O) groups excluding carboxylic acids is 1. The number of amides is 1. The second-order valence-electron chi connectivity index (χ2n) is 4.53. The van der Waals surface area contributed by atoms with Crippen LogP contribution in [0.1, 0.15) is 4.88 Å². The molecule has 2 heterocycles. The van der Waals surface area contributed by atoms with Crippen LogP contribution in [0.25, 0.3) is 0 Å². The Kier molecular flexibility index (Phi) is 7.10. The molecule has 0 saturated carbocycles. The van der Waals surface area contributed by atoms with Gasteiger partial charge >= 0.3 is 0 Å². The fourth-order valence-corrected chi connectivity index (χ4v) is 3.16. The predicted molar refractivity (Wildman–Crippen MR) is 82.4 cm³/mol. The third kappa shape index (κ3) is 5.28. The zero-order valence-electron chi connectivity index (χ0n) is 10.9. The minimum Gasteiger partial charge on any atom is -0.339 e. The van der Waals surface area contributed by atoms with E-state index in [9.17, 15) is 4.79 Å². The number of carbonyl (C=O) groups is 1. The molecule has 19 heavy (non-hydrogen) atoms. The van der Waals surface area contributed by atoms with Crippen molar-refractivity contribution >= 4 is 41.3 Å². The Morgan fingerprint density at radius 3 is 2.79 bits per heavy atom. The molecule has 0 aliphatic carbocycles. The van der Waals surface area contributed by atoms with Crippen molar-refractivity contribution in [2.45, 2.75) is 6.54 Å². The van der Waals surface area contributed by atoms with Crippen LogP contribution in [0.5, 0.6) is 0 Å². The van der Waals surface area contributed by atoms with E-state index in [0.717, 1.165) is 37.7 Å². The quantitative estimate of drug-likeness (QED) is 0.915. The molecular weight excluding hydrogens is 305 g/mol. The molecule has 7 heteroatoms. The number of rotatable bonds is 4. The number of nitrogens with one attached hydrogen (secondary N) is 1. The van der Waals surface area contributed by atoms with Crippen molar-refractivity contribution in [2.24, 2.45) is 0 Å². The van der Waals surface area contributed by atoms with Gasteiger partial charge in [0.15, 0.2) is 0 Å². The Balaban J connectivity index is 0.00000180. The molecular formula is C12H19Cl2N3OS. The van der Waals surface area contributed by atoms with Crippen LogP contribution in [-0.4, -0.2) is 55.5 Å². The van der Waals surface area contributed by atoms with Gasteiger partial charge in [0.25, 0.3) is 0 Å². The lowest BCUT2D eigenvalue weighted by molar-refractivity contribution is -0.132. The summed E-state index contributed by atoms with van der Waals surface area (Å²) in [7, 11) is 1.97. The lowest BCUT2D eigenvalue weighted by Gasteiger charge is -2.29. The number of nitrogens with zero attached hydrogens (tertiary/aromatic N) is 2. The smallest absolute Gasteiger partial charge is 0.236 e. The van der Waals surface area contributed by atoms with E-state index >= 15 is 0 Å². The van der Waals surface area contributed by atoms with Crippen molar-refractivity contribution < 1.29 is 4.79 Å². The van der Waals surface area contributed by atoms with Crippen molar-refractivity contribution in [3.8, 4) is 0 Å². The molecule has 0 radical (unpaired) electrons. The Labute approximate surface area is 129 Å². The van der Waals surface area contributed by atoms with Crippen molar-refractivity contribution in [1.82, 2.24) is 15.1 Å². The predicted octanol–water partition coefficient (Wildman–Crippen LogP) is 1.69. The van der Waals surface area contributed by atoms with Gasteiger partial charge in [-0.2, -0.15) is 0 Å². The molecule has 1 aliphatic rings. The summed E-state index contributed by atoms with van der Waals surface area (Å²) in [6, 6.07) is 1.96. The van der Waals surface area contributed by atoms with E-state index < -0.39 is 0 Å². The van der Waals surface area contributed by atoms with E-state index in [4.69, 9.17) is 11.6 Å². The second kappa shape index (κ2) is 8.07. The number of piperazine rings is 1. The van der Waals surface area contributed by atoms with Crippen LogP contribution >= 0.6 is 35.3 Å². The monoisotopic (exact) mass is 323 g/mol. The van der Waals surface area contributed by atoms with Crippen LogP contribution in [0.2, 0.25) is 5.02 Å². The highest BCUT2D eigenvalue weighted by molar-refractivity contribution is 7.10. The topological polar surface area (TPSA) is 35.6 Å². The Hall–Kier alpha value is -0.330. The highest BCUT2D eigenvalue weighted by atomic mass is 35.5. The van der Waals surface area contributed by atoms with Gasteiger partial charge in [0.05, 0.1) is 11.6 Å². The van der Waals surface area contributed by atoms with E-state index in [1.807, 2.05) is 28.3 Å². The SMILES string of the molecule is CN(CC(=O)N1CCNCC1)Cc1cc(Cl)cs1.Cl. The van der Waals surface area contributed by atoms with Crippen LogP contribution in [0.4, 0.5) is 0 Å². The maximum Gasteiger partial charge on any atom is 0.236 e. The van der Waals surface area contributed by atoms with Gasteiger partial charge in [-0.15, -0.1) is 23.7 Å². The number of likely N-dealkylation sites (N-methyl/N-ethyl adjacent to an activating group) is 1. The van der Waals surface area contributed by atoms with Crippen LogP contribution in [-0.2, 0) is 11.3 Å². The van der Waals surface area contributed by atoms with Crippen molar-refractivity contribution in [2.75, 3.05) is 39.8 Å². The normalized spacial score (nSPS) is 15.4. The van der Waals surface area contributed by atoms with Crippen LogP contribution in [0.3, 0.4) is 0 Å². The van der Waals surface area contributed by atoms with E-state index in [1.165, 1.54) is 4.88 Å². The summed E-state index contributed by atoms with van der Waals surface area (Å²) in [5, 5.41) is 5.94. The lowest BCUT2D eigenvalue weighted by atomic mass is 10.3. The first kappa shape index (κ1) is 16.7. The molecule has 0 bridgehead atoms. The van der Waals surface area contributed by atoms with Gasteiger partial charge in [-0.1, -0.05) is 11.6 Å². The zero-order chi connectivity index (χ0) is 13.0. The molecule has 0 aromatic carbocycles. The summed E-state index contributed by atoms with van der Waals surface area (Å²) in [4.78, 5) is 17.2. The van der Waals surface area contributed by atoms with Gasteiger partial charge < -0.3 is 10.2 Å². The second-order valence-corrected chi connectivity index (χ2v) is 5.97. The number of halogens is 2. The maximum atomic E-state index is 12.0. The van der Waals surface area contributed by atoms with Gasteiger partial charge in [-0.25, -0.2) is 0 Å². The molecule has 1 fully saturated rings. The van der Waals surface area contributed by atoms with Crippen molar-refractivity contribution in [3.05, 3.63) is 21.3 Å². The van der Waals surface area contributed by atoms with Crippen LogP contribution < -0.4 is 5.32 Å². The molecule has 0 unspecified atom stereocenters. The molecule has 1 aromatic heterocycles. The number of hydrogen-bond acceptors (Lipinski definition) is 4. The van der Waals surface area contributed by atoms with Gasteiger partial charge in [-0.05, 0) is 13.1 Å². The van der Waals surface area contributed by atoms with Gasteiger partial charge in [0.2, 0.25) is 5.91 Å². The molecule has 1 saturated heterocycles. The fourth-order valence-electron chi connectivity index (χ4n) is 2.00. The lowest BCUT2D eigenvalue weighted by Crippen LogP contribution is -2.49. The zero-order valence-corrected chi connectivity index (χ0v) is 13.3. The van der Waals surface area contributed by atoms with Crippen LogP contribution in [0, 0.1) is 0 Å². The number of hydrogen-bond donors (Lipinski definition) is 1. The molecule has 4 nitrogen and oxygen atoms in total. The molecule has 1 amide bonds. The maximum absolute atomic E-state index is 12.0. The molecule has 0 spiro atoms. The van der Waals surface area contributed by atoms with E-state index in [0.29, 0.717) is 6.54 Å². The minimum atomic E-state index is 0. The first-order valence-corrected chi connectivity index (χ1v) is 7.31. The molecule has 1 aliphatic heterocycles. The Morgan fingerprint density at radius 1 is 1.53 bits per heavy atom. The summed E-state index contributed by atoms with van der Waals surface area (Å²) in [6.07, 6.45) is 0. The number of thiophene rings is 1. The van der Waals surface area contributed by atoms with Gasteiger partial charge in [-0.3, -0.25) is 9.69 Å². The summed E-state index contributed by atoms with van der Waals surface area (Å²) in [5.41, 5.74) is 0. The third-order valence-corrected chi connectivity index (χ3v) is 4.19. The Bertz CT molecular complexity index is 407. The van der Waals surface area contributed by atoms with E-state index in [-0.39, 0.29) is 18.3 Å². The molecule has 2 rings (SSSR count).